The van der Waals surface area contributed by atoms with Crippen molar-refractivity contribution in [3.8, 4) is 0 Å². The van der Waals surface area contributed by atoms with Gasteiger partial charge in [0.15, 0.2) is 0 Å². The molecule has 2 aliphatic rings. The molecular weight excluding hydrogens is 260 g/mol. The van der Waals surface area contributed by atoms with Crippen molar-refractivity contribution < 1.29 is 0 Å². The van der Waals surface area contributed by atoms with Crippen LogP contribution in [0.3, 0.4) is 0 Å². The lowest BCUT2D eigenvalue weighted by Gasteiger charge is -2.34. The van der Waals surface area contributed by atoms with E-state index in [1.807, 2.05) is 6.20 Å². The van der Waals surface area contributed by atoms with E-state index in [4.69, 9.17) is 0 Å². The lowest BCUT2D eigenvalue weighted by molar-refractivity contribution is 0.313. The van der Waals surface area contributed by atoms with Crippen molar-refractivity contribution in [1.82, 2.24) is 9.88 Å². The summed E-state index contributed by atoms with van der Waals surface area (Å²) in [5, 5.41) is 3.55. The van der Waals surface area contributed by atoms with Gasteiger partial charge in [-0.25, -0.2) is 4.98 Å². The third kappa shape index (κ3) is 4.10. The number of rotatable bonds is 4. The highest BCUT2D eigenvalue weighted by atomic mass is 15.2. The van der Waals surface area contributed by atoms with E-state index in [-0.39, 0.29) is 0 Å². The van der Waals surface area contributed by atoms with E-state index in [0.717, 1.165) is 44.5 Å². The van der Waals surface area contributed by atoms with E-state index < -0.39 is 0 Å². The van der Waals surface area contributed by atoms with E-state index in [2.05, 4.69) is 39.3 Å². The highest BCUT2D eigenvalue weighted by Crippen LogP contribution is 2.24. The quantitative estimate of drug-likeness (QED) is 0.923. The van der Waals surface area contributed by atoms with Gasteiger partial charge in [0.2, 0.25) is 0 Å². The monoisotopic (exact) mass is 288 g/mol. The minimum absolute atomic E-state index is 0.841. The van der Waals surface area contributed by atoms with Crippen LogP contribution in [0.25, 0.3) is 0 Å². The molecule has 2 fully saturated rings. The first kappa shape index (κ1) is 14.6. The van der Waals surface area contributed by atoms with Gasteiger partial charge in [0.25, 0.3) is 0 Å². The van der Waals surface area contributed by atoms with E-state index in [0.29, 0.717) is 0 Å². The van der Waals surface area contributed by atoms with Gasteiger partial charge in [0.1, 0.15) is 5.82 Å². The molecule has 1 aromatic rings. The van der Waals surface area contributed by atoms with Crippen LogP contribution in [0.5, 0.6) is 0 Å². The van der Waals surface area contributed by atoms with Crippen LogP contribution in [0, 0.1) is 5.92 Å². The fraction of sp³-hybridized carbons (Fsp3) is 0.706. The lowest BCUT2D eigenvalue weighted by Crippen LogP contribution is -2.44. The molecule has 1 aliphatic carbocycles. The zero-order valence-corrected chi connectivity index (χ0v) is 13.2. The molecule has 1 saturated heterocycles. The third-order valence-electron chi connectivity index (χ3n) is 4.91. The van der Waals surface area contributed by atoms with Crippen molar-refractivity contribution >= 4 is 11.5 Å². The molecule has 116 valence electrons. The summed E-state index contributed by atoms with van der Waals surface area (Å²) in [5.74, 6) is 1.88. The maximum Gasteiger partial charge on any atom is 0.127 e. The summed E-state index contributed by atoms with van der Waals surface area (Å²) in [6.07, 6.45) is 8.93. The average Bonchev–Trinajstić information content (AvgIpc) is 2.55. The van der Waals surface area contributed by atoms with E-state index in [1.165, 1.54) is 37.8 Å². The largest absolute Gasteiger partial charge is 0.370 e. The normalized spacial score (nSPS) is 21.5. The highest BCUT2D eigenvalue weighted by Gasteiger charge is 2.16. The number of likely N-dealkylation sites (N-methyl/N-ethyl adjacent to an activating group) is 1. The van der Waals surface area contributed by atoms with Crippen molar-refractivity contribution in [3.05, 3.63) is 18.3 Å². The molecule has 0 unspecified atom stereocenters. The summed E-state index contributed by atoms with van der Waals surface area (Å²) in [5.41, 5.74) is 1.31. The molecule has 1 aliphatic heterocycles. The van der Waals surface area contributed by atoms with Crippen LogP contribution >= 0.6 is 0 Å². The fourth-order valence-corrected chi connectivity index (χ4v) is 3.42. The molecule has 0 atom stereocenters. The van der Waals surface area contributed by atoms with E-state index in [1.54, 1.807) is 0 Å². The summed E-state index contributed by atoms with van der Waals surface area (Å²) < 4.78 is 0. The summed E-state index contributed by atoms with van der Waals surface area (Å²) in [6.45, 7) is 5.60. The molecular formula is C17H28N4. The van der Waals surface area contributed by atoms with Crippen LogP contribution in [-0.2, 0) is 0 Å². The molecule has 3 rings (SSSR count). The summed E-state index contributed by atoms with van der Waals surface area (Å²) >= 11 is 0. The molecule has 4 nitrogen and oxygen atoms in total. The molecule has 0 amide bonds. The van der Waals surface area contributed by atoms with Gasteiger partial charge in [-0.3, -0.25) is 0 Å². The standard InChI is InChI=1S/C17H28N4/c1-20-9-11-21(12-10-20)16-7-8-18-17(13-16)19-14-15-5-3-2-4-6-15/h7-8,13,15H,2-6,9-12,14H2,1H3,(H,18,19). The molecule has 4 heteroatoms. The van der Waals surface area contributed by atoms with Gasteiger partial charge in [-0.2, -0.15) is 0 Å². The smallest absolute Gasteiger partial charge is 0.127 e. The van der Waals surface area contributed by atoms with Gasteiger partial charge in [-0.15, -0.1) is 0 Å². The molecule has 0 bridgehead atoms. The zero-order chi connectivity index (χ0) is 14.5. The minimum atomic E-state index is 0.841. The number of hydrogen-bond donors (Lipinski definition) is 1. The van der Waals surface area contributed by atoms with Crippen LogP contribution in [0.1, 0.15) is 32.1 Å². The van der Waals surface area contributed by atoms with E-state index in [9.17, 15) is 0 Å². The minimum Gasteiger partial charge on any atom is -0.370 e. The topological polar surface area (TPSA) is 31.4 Å². The van der Waals surface area contributed by atoms with Crippen LogP contribution < -0.4 is 10.2 Å². The molecule has 1 saturated carbocycles. The second kappa shape index (κ2) is 7.12. The van der Waals surface area contributed by atoms with Gasteiger partial charge in [-0.1, -0.05) is 19.3 Å². The first-order valence-corrected chi connectivity index (χ1v) is 8.45. The molecule has 0 aromatic carbocycles. The number of aromatic nitrogens is 1. The number of anilines is 2. The maximum atomic E-state index is 4.49. The molecule has 0 spiro atoms. The van der Waals surface area contributed by atoms with Crippen molar-refractivity contribution in [2.24, 2.45) is 5.92 Å². The Morgan fingerprint density at radius 3 is 2.67 bits per heavy atom. The SMILES string of the molecule is CN1CCN(c2ccnc(NCC3CCCCC3)c2)CC1. The van der Waals surface area contributed by atoms with Gasteiger partial charge < -0.3 is 15.1 Å². The highest BCUT2D eigenvalue weighted by molar-refractivity contribution is 5.54. The van der Waals surface area contributed by atoms with Gasteiger partial charge in [-0.05, 0) is 31.9 Å². The summed E-state index contributed by atoms with van der Waals surface area (Å²) in [7, 11) is 2.20. The van der Waals surface area contributed by atoms with Gasteiger partial charge in [0, 0.05) is 50.7 Å². The maximum absolute atomic E-state index is 4.49. The van der Waals surface area contributed by atoms with Crippen LogP contribution in [0.2, 0.25) is 0 Å². The fourth-order valence-electron chi connectivity index (χ4n) is 3.42. The Bertz CT molecular complexity index is 434. The van der Waals surface area contributed by atoms with Gasteiger partial charge >= 0.3 is 0 Å². The van der Waals surface area contributed by atoms with Crippen molar-refractivity contribution in [2.75, 3.05) is 50.0 Å². The Hall–Kier alpha value is -1.29. The predicted octanol–water partition coefficient (Wildman–Crippen LogP) is 2.83. The molecule has 2 heterocycles. The second-order valence-electron chi connectivity index (χ2n) is 6.57. The Labute approximate surface area is 128 Å². The Balaban J connectivity index is 1.55. The van der Waals surface area contributed by atoms with Crippen LogP contribution in [0.4, 0.5) is 11.5 Å². The second-order valence-corrected chi connectivity index (χ2v) is 6.57. The number of pyridine rings is 1. The number of hydrogen-bond acceptors (Lipinski definition) is 4. The molecule has 21 heavy (non-hydrogen) atoms. The predicted molar refractivity (Wildman–Crippen MR) is 89.0 cm³/mol. The summed E-state index contributed by atoms with van der Waals surface area (Å²) in [6, 6.07) is 4.35. The molecule has 1 aromatic heterocycles. The van der Waals surface area contributed by atoms with Gasteiger partial charge in [0.05, 0.1) is 0 Å². The van der Waals surface area contributed by atoms with Crippen molar-refractivity contribution in [1.29, 1.82) is 0 Å². The van der Waals surface area contributed by atoms with Crippen molar-refractivity contribution in [3.63, 3.8) is 0 Å². The number of nitrogens with one attached hydrogen (secondary N) is 1. The van der Waals surface area contributed by atoms with Crippen LogP contribution in [0.15, 0.2) is 18.3 Å². The Kier molecular flexibility index (Phi) is 4.96. The Morgan fingerprint density at radius 1 is 1.14 bits per heavy atom. The number of nitrogens with zero attached hydrogens (tertiary/aromatic N) is 3. The summed E-state index contributed by atoms with van der Waals surface area (Å²) in [4.78, 5) is 9.34. The van der Waals surface area contributed by atoms with E-state index >= 15 is 0 Å². The molecule has 1 N–H and O–H groups in total. The first-order chi connectivity index (χ1) is 10.3. The molecule has 0 radical (unpaired) electrons. The number of piperazine rings is 1. The first-order valence-electron chi connectivity index (χ1n) is 8.45. The lowest BCUT2D eigenvalue weighted by atomic mass is 9.89. The van der Waals surface area contributed by atoms with Crippen molar-refractivity contribution in [2.45, 2.75) is 32.1 Å². The third-order valence-corrected chi connectivity index (χ3v) is 4.91. The zero-order valence-electron chi connectivity index (χ0n) is 13.2. The van der Waals surface area contributed by atoms with Crippen LogP contribution in [-0.4, -0.2) is 49.7 Å². The average molecular weight is 288 g/mol. The Morgan fingerprint density at radius 2 is 1.90 bits per heavy atom.